The van der Waals surface area contributed by atoms with Crippen molar-refractivity contribution in [3.05, 3.63) is 167 Å². The Labute approximate surface area is 379 Å². The fourth-order valence-electron chi connectivity index (χ4n) is 10.2. The van der Waals surface area contributed by atoms with Crippen molar-refractivity contribution in [3.63, 3.8) is 0 Å². The van der Waals surface area contributed by atoms with Gasteiger partial charge in [-0.15, -0.1) is 9.13 Å². The average Bonchev–Trinajstić information content (AvgIpc) is 3.76. The molecule has 11 rings (SSSR count). The zero-order valence-electron chi connectivity index (χ0n) is 42.5. The second-order valence-electron chi connectivity index (χ2n) is 21.3. The van der Waals surface area contributed by atoms with E-state index in [1.54, 1.807) is 0 Å². The van der Waals surface area contributed by atoms with E-state index in [1.165, 1.54) is 16.7 Å². The van der Waals surface area contributed by atoms with Gasteiger partial charge in [-0.05, 0) is 128 Å². The summed E-state index contributed by atoms with van der Waals surface area (Å²) in [5.74, 6) is -0.327. The number of rotatable bonds is 4. The molecule has 0 saturated carbocycles. The third-order valence-corrected chi connectivity index (χ3v) is 13.8. The molecule has 0 bridgehead atoms. The van der Waals surface area contributed by atoms with Gasteiger partial charge in [0.15, 0.2) is 17.2 Å². The monoisotopic (exact) mass is 829 g/mol. The number of aryl methyl sites for hydroxylation is 1. The molecular formula is C59H59N3O+2. The Hall–Kier alpha value is -6.26. The first kappa shape index (κ1) is 35.2. The molecule has 2 aromatic heterocycles. The Morgan fingerprint density at radius 1 is 0.603 bits per heavy atom. The van der Waals surface area contributed by atoms with Gasteiger partial charge in [-0.3, -0.25) is 0 Å². The summed E-state index contributed by atoms with van der Waals surface area (Å²) in [6.45, 7) is 21.6. The van der Waals surface area contributed by atoms with E-state index in [0.717, 1.165) is 78.2 Å². The van der Waals surface area contributed by atoms with Crippen LogP contribution in [0.5, 0.6) is 5.75 Å². The molecule has 1 spiro atoms. The van der Waals surface area contributed by atoms with Crippen LogP contribution in [0.3, 0.4) is 0 Å². The molecule has 8 aromatic rings. The number of imidazole rings is 1. The Morgan fingerprint density at radius 3 is 1.92 bits per heavy atom. The molecule has 5 heterocycles. The van der Waals surface area contributed by atoms with E-state index in [-0.39, 0.29) is 21.8 Å². The van der Waals surface area contributed by atoms with E-state index in [1.807, 2.05) is 44.2 Å². The highest BCUT2D eigenvalue weighted by Crippen LogP contribution is 2.54. The van der Waals surface area contributed by atoms with E-state index >= 15 is 0 Å². The number of pyridine rings is 1. The topological polar surface area (TPSA) is 21.9 Å². The first-order chi connectivity index (χ1) is 31.4. The lowest BCUT2D eigenvalue weighted by Gasteiger charge is -2.32. The van der Waals surface area contributed by atoms with Crippen LogP contribution >= 0.6 is 0 Å². The van der Waals surface area contributed by atoms with Crippen LogP contribution in [0.25, 0.3) is 72.7 Å². The summed E-state index contributed by atoms with van der Waals surface area (Å²) >= 11 is 0. The first-order valence-corrected chi connectivity index (χ1v) is 22.4. The summed E-state index contributed by atoms with van der Waals surface area (Å²) in [5, 5.41) is 0. The van der Waals surface area contributed by atoms with Crippen molar-refractivity contribution in [2.45, 2.75) is 111 Å². The van der Waals surface area contributed by atoms with Crippen LogP contribution in [-0.2, 0) is 22.1 Å². The second-order valence-corrected chi connectivity index (χ2v) is 21.3. The van der Waals surface area contributed by atoms with Crippen molar-refractivity contribution >= 4 is 11.0 Å². The lowest BCUT2D eigenvalue weighted by molar-refractivity contribution is -0.997. The molecule has 4 nitrogen and oxygen atoms in total. The summed E-state index contributed by atoms with van der Waals surface area (Å²) in [7, 11) is 0. The first-order valence-electron chi connectivity index (χ1n) is 24.4. The molecule has 0 N–H and O–H groups in total. The lowest BCUT2D eigenvalue weighted by Crippen LogP contribution is -2.78. The predicted octanol–water partition coefficient (Wildman–Crippen LogP) is 14.1. The fraction of sp³-hybridized carbons (Fsp3) is 0.288. The maximum atomic E-state index is 9.22. The van der Waals surface area contributed by atoms with Crippen molar-refractivity contribution in [1.29, 1.82) is 0 Å². The number of para-hydroxylation sites is 2. The molecule has 4 heteroatoms. The van der Waals surface area contributed by atoms with Crippen LogP contribution in [0.2, 0.25) is 0 Å². The van der Waals surface area contributed by atoms with E-state index in [4.69, 9.17) is 6.11 Å². The number of ether oxygens (including phenoxy) is 1. The Bertz CT molecular complexity index is 3370. The van der Waals surface area contributed by atoms with Gasteiger partial charge < -0.3 is 4.74 Å². The molecule has 314 valence electrons. The van der Waals surface area contributed by atoms with Crippen LogP contribution in [-0.4, -0.2) is 4.57 Å². The number of fused-ring (bicyclic) bond motifs is 5. The van der Waals surface area contributed by atoms with E-state index in [9.17, 15) is 4.11 Å². The smallest absolute Gasteiger partial charge is 0.392 e. The zero-order valence-corrected chi connectivity index (χ0v) is 38.5. The van der Waals surface area contributed by atoms with E-state index in [2.05, 4.69) is 179 Å². The number of hydrogen-bond acceptors (Lipinski definition) is 1. The number of aromatic nitrogens is 3. The molecular weight excluding hydrogens is 767 g/mol. The van der Waals surface area contributed by atoms with Crippen LogP contribution in [0.15, 0.2) is 134 Å². The molecule has 1 atom stereocenters. The number of nitrogens with zero attached hydrogens (tertiary/aromatic N) is 3. The molecule has 0 saturated heterocycles. The van der Waals surface area contributed by atoms with Gasteiger partial charge in [-0.25, -0.2) is 0 Å². The SMILES string of the molecule is [2H]C([2H])([2H])c1cc(-c2cc(C(C)(C)C)cc(C(C)(C)C)c2)ccc1-n1c2[n+]3c4c(cccc41)-c1cc(C(C)(C)C)cc4c1C3(Oc1ccccc1-2)[n+]1ccc(-c2ccc(C([2H])(C)C)cc2)cc1-4. The highest BCUT2D eigenvalue weighted by Gasteiger charge is 2.68. The van der Waals surface area contributed by atoms with Gasteiger partial charge in [0.25, 0.3) is 0 Å². The Kier molecular flexibility index (Phi) is 7.35. The zero-order chi connectivity index (χ0) is 47.5. The lowest BCUT2D eigenvalue weighted by atomic mass is 9.79. The fourth-order valence-corrected chi connectivity index (χ4v) is 10.2. The van der Waals surface area contributed by atoms with Crippen molar-refractivity contribution in [1.82, 2.24) is 4.57 Å². The molecule has 1 unspecified atom stereocenters. The standard InChI is InChI=1S/C59H59N3O/c1-35(2)37-20-22-38(23-21-37)40-26-27-60-51(31-40)48-34-44(58(10,11)12)33-47-45-17-15-18-50-54(45)62-55(46-16-13-14-19-52(46)63-59(60,62)53(47)48)61(50)49-25-24-39(28-36(49)3)41-29-42(56(4,5)6)32-43(30-41)57(7,8)9/h13-35H,1-12H3/q+2/i3D3,35D. The predicted molar refractivity (Wildman–Crippen MR) is 259 cm³/mol. The highest BCUT2D eigenvalue weighted by molar-refractivity contribution is 5.98. The van der Waals surface area contributed by atoms with E-state index in [0.29, 0.717) is 11.4 Å². The molecule has 0 aliphatic carbocycles. The summed E-state index contributed by atoms with van der Waals surface area (Å²) in [5.41, 5.74) is 17.2. The summed E-state index contributed by atoms with van der Waals surface area (Å²) in [6, 6.07) is 45.0. The quantitative estimate of drug-likeness (QED) is 0.162. The summed E-state index contributed by atoms with van der Waals surface area (Å²) in [4.78, 5) is 0. The average molecular weight is 830 g/mol. The van der Waals surface area contributed by atoms with Gasteiger partial charge in [0.2, 0.25) is 5.69 Å². The van der Waals surface area contributed by atoms with Crippen LogP contribution in [0.1, 0.15) is 121 Å². The maximum Gasteiger partial charge on any atom is 0.499 e. The summed E-state index contributed by atoms with van der Waals surface area (Å²) in [6.07, 6.45) is 2.16. The molecule has 6 aromatic carbocycles. The van der Waals surface area contributed by atoms with Crippen molar-refractivity contribution < 1.29 is 19.4 Å². The largest absolute Gasteiger partial charge is 0.499 e. The van der Waals surface area contributed by atoms with Gasteiger partial charge >= 0.3 is 11.7 Å². The number of benzene rings is 6. The van der Waals surface area contributed by atoms with Crippen molar-refractivity contribution in [2.75, 3.05) is 0 Å². The molecule has 63 heavy (non-hydrogen) atoms. The van der Waals surface area contributed by atoms with Gasteiger partial charge in [0.1, 0.15) is 22.6 Å². The maximum absolute atomic E-state index is 9.22. The van der Waals surface area contributed by atoms with Gasteiger partial charge in [-0.1, -0.05) is 143 Å². The van der Waals surface area contributed by atoms with Crippen LogP contribution < -0.4 is 13.9 Å². The minimum Gasteiger partial charge on any atom is -0.392 e. The third-order valence-electron chi connectivity index (χ3n) is 13.8. The Morgan fingerprint density at radius 2 is 1.24 bits per heavy atom. The molecule has 0 fully saturated rings. The number of hydrogen-bond donors (Lipinski definition) is 0. The molecule has 3 aliphatic rings. The van der Waals surface area contributed by atoms with Crippen molar-refractivity contribution in [2.24, 2.45) is 0 Å². The van der Waals surface area contributed by atoms with Crippen molar-refractivity contribution in [3.8, 4) is 67.5 Å². The second kappa shape index (κ2) is 13.1. The van der Waals surface area contributed by atoms with Crippen LogP contribution in [0.4, 0.5) is 0 Å². The molecule has 3 aliphatic heterocycles. The van der Waals surface area contributed by atoms with Gasteiger partial charge in [0.05, 0.1) is 5.56 Å². The Balaban J connectivity index is 1.22. The third kappa shape index (κ3) is 5.72. The summed E-state index contributed by atoms with van der Waals surface area (Å²) < 4.78 is 50.7. The minimum absolute atomic E-state index is 0.104. The van der Waals surface area contributed by atoms with Gasteiger partial charge in [0, 0.05) is 28.7 Å². The minimum atomic E-state index is -2.45. The normalized spacial score (nSPS) is 17.3. The highest BCUT2D eigenvalue weighted by atomic mass is 16.5. The van der Waals surface area contributed by atoms with Crippen LogP contribution in [0, 0.1) is 6.85 Å². The molecule has 0 radical (unpaired) electrons. The van der Waals surface area contributed by atoms with E-state index < -0.39 is 18.6 Å². The molecule has 0 amide bonds. The van der Waals surface area contributed by atoms with Gasteiger partial charge in [-0.2, -0.15) is 4.57 Å².